The average molecular weight is 669 g/mol. The van der Waals surface area contributed by atoms with E-state index in [4.69, 9.17) is 17.0 Å². The van der Waals surface area contributed by atoms with E-state index >= 15 is 0 Å². The van der Waals surface area contributed by atoms with Gasteiger partial charge in [-0.05, 0) is 111 Å². The van der Waals surface area contributed by atoms with E-state index in [2.05, 4.69) is 116 Å². The molecule has 10 radical (unpaired) electrons. The van der Waals surface area contributed by atoms with Gasteiger partial charge in [-0.15, -0.1) is 0 Å². The fourth-order valence-electron chi connectivity index (χ4n) is 8.12. The van der Waals surface area contributed by atoms with Gasteiger partial charge in [0.1, 0.15) is 0 Å². The summed E-state index contributed by atoms with van der Waals surface area (Å²) in [5, 5.41) is 0. The fourth-order valence-corrected chi connectivity index (χ4v) is 8.12. The molecule has 0 nitrogen and oxygen atoms in total. The second-order valence-corrected chi connectivity index (χ2v) is 17.4. The Morgan fingerprint density at radius 2 is 0.951 bits per heavy atom. The minimum absolute atomic E-state index is 0.767. The molecule has 0 aromatic carbocycles. The number of allylic oxidation sites excluding steroid dienone is 8. The maximum absolute atomic E-state index is 4.93. The molecule has 6 aliphatic carbocycles. The van der Waals surface area contributed by atoms with Crippen LogP contribution in [0.4, 0.5) is 0 Å². The third-order valence-corrected chi connectivity index (χ3v) is 10.3. The Hall–Kier alpha value is 0.423. The molecule has 0 aromatic heterocycles. The predicted octanol–water partition coefficient (Wildman–Crippen LogP) is 11.3. The number of rotatable bonds is 4. The molecule has 0 aliphatic heterocycles. The normalized spacial score (nSPS) is 34.7. The summed E-state index contributed by atoms with van der Waals surface area (Å²) in [5.41, 5.74) is 0. The topological polar surface area (TPSA) is 0 Å². The first kappa shape index (κ1) is 34.3. The first-order valence-corrected chi connectivity index (χ1v) is 22.3. The summed E-state index contributed by atoms with van der Waals surface area (Å²) in [6.45, 7) is 14.5. The van der Waals surface area contributed by atoms with Gasteiger partial charge in [0.15, 0.2) is 0 Å². The van der Waals surface area contributed by atoms with Crippen molar-refractivity contribution in [3.63, 3.8) is 0 Å². The van der Waals surface area contributed by atoms with Crippen LogP contribution in [0, 0.1) is 109 Å². The molecule has 0 bridgehead atoms. The zero-order chi connectivity index (χ0) is 29.5. The molecule has 6 atom stereocenters. The molecule has 3 heteroatoms. The number of hydrogen-bond acceptors (Lipinski definition) is 0. The second-order valence-electron chi connectivity index (χ2n) is 13.7. The van der Waals surface area contributed by atoms with E-state index in [1.807, 2.05) is 0 Å². The Balaban J connectivity index is 0.000000173. The fraction of sp³-hybridized carbons (Fsp3) is 0.526. The maximum atomic E-state index is 4.93. The van der Waals surface area contributed by atoms with Crippen molar-refractivity contribution in [3.8, 4) is 0 Å². The molecular formula is C38H50Cl2Zr+2. The van der Waals surface area contributed by atoms with Crippen LogP contribution in [-0.2, 0) is 20.8 Å². The van der Waals surface area contributed by atoms with Crippen LogP contribution >= 0.6 is 17.0 Å². The van der Waals surface area contributed by atoms with Crippen LogP contribution in [0.15, 0.2) is 48.6 Å². The Kier molecular flexibility index (Phi) is 13.9. The molecule has 6 aliphatic rings. The molecule has 6 rings (SSSR count). The Morgan fingerprint density at radius 3 is 1.32 bits per heavy atom. The van der Waals surface area contributed by atoms with Gasteiger partial charge in [-0.25, -0.2) is 0 Å². The van der Waals surface area contributed by atoms with Gasteiger partial charge >= 0.3 is 37.9 Å². The van der Waals surface area contributed by atoms with E-state index in [0.717, 1.165) is 47.3 Å². The number of halogens is 2. The van der Waals surface area contributed by atoms with Crippen LogP contribution in [0.5, 0.6) is 0 Å². The molecule has 0 heterocycles. The van der Waals surface area contributed by atoms with Gasteiger partial charge in [0.05, 0.1) is 0 Å². The van der Waals surface area contributed by atoms with Gasteiger partial charge in [-0.3, -0.25) is 0 Å². The van der Waals surface area contributed by atoms with Crippen molar-refractivity contribution < 1.29 is 20.8 Å². The van der Waals surface area contributed by atoms with Crippen molar-refractivity contribution >= 4 is 17.0 Å². The van der Waals surface area contributed by atoms with Crippen molar-refractivity contribution in [2.45, 2.75) is 80.1 Å². The predicted molar refractivity (Wildman–Crippen MR) is 175 cm³/mol. The first-order chi connectivity index (χ1) is 19.7. The van der Waals surface area contributed by atoms with Crippen LogP contribution in [0.1, 0.15) is 80.1 Å². The molecule has 4 saturated carbocycles. The van der Waals surface area contributed by atoms with E-state index in [0.29, 0.717) is 0 Å². The molecule has 0 amide bonds. The van der Waals surface area contributed by atoms with Crippen molar-refractivity contribution in [2.75, 3.05) is 0 Å². The average Bonchev–Trinajstić information content (AvgIpc) is 3.58. The van der Waals surface area contributed by atoms with E-state index in [9.17, 15) is 0 Å². The summed E-state index contributed by atoms with van der Waals surface area (Å²) in [6.07, 6.45) is 35.5. The van der Waals surface area contributed by atoms with E-state index in [1.165, 1.54) is 62.2 Å². The summed E-state index contributed by atoms with van der Waals surface area (Å²) in [6, 6.07) is 0. The van der Waals surface area contributed by atoms with Gasteiger partial charge < -0.3 is 0 Å². The molecule has 0 aromatic rings. The van der Waals surface area contributed by atoms with E-state index in [-0.39, 0.29) is 0 Å². The van der Waals surface area contributed by atoms with Gasteiger partial charge in [0.25, 0.3) is 0 Å². The number of hydrogen-bond donors (Lipinski definition) is 0. The Labute approximate surface area is 273 Å². The van der Waals surface area contributed by atoms with Gasteiger partial charge in [-0.2, -0.15) is 0 Å². The zero-order valence-electron chi connectivity index (χ0n) is 26.0. The monoisotopic (exact) mass is 666 g/mol. The van der Waals surface area contributed by atoms with Gasteiger partial charge in [0, 0.05) is 23.7 Å². The third-order valence-electron chi connectivity index (χ3n) is 10.3. The minimum atomic E-state index is -0.826. The Morgan fingerprint density at radius 1 is 0.585 bits per heavy atom. The summed E-state index contributed by atoms with van der Waals surface area (Å²) in [4.78, 5) is 0. The number of fused-ring (bicyclic) bond motifs is 2. The summed E-state index contributed by atoms with van der Waals surface area (Å²) >= 11 is -0.826. The molecule has 41 heavy (non-hydrogen) atoms. The third kappa shape index (κ3) is 8.78. The standard InChI is InChI=1S/2C19H25.2ClH.Zr/c2*1-13(2)16-10-8-14(3)12-19(16)18-11-9-15-6-4-5-7-17(15)18;;;/h2*4-7,9,11,13-14,16,19H,8,10,12H2,1-3H3;2*1H;/q;;;;+4/p-2/t14-,16-,19?;14-,16-,19-;;;/m11.../s1. The van der Waals surface area contributed by atoms with Crippen molar-refractivity contribution in [3.05, 3.63) is 110 Å². The quantitative estimate of drug-likeness (QED) is 0.280. The molecule has 0 N–H and O–H groups in total. The van der Waals surface area contributed by atoms with E-state index in [1.54, 1.807) is 11.8 Å². The van der Waals surface area contributed by atoms with Crippen LogP contribution < -0.4 is 0 Å². The van der Waals surface area contributed by atoms with Crippen molar-refractivity contribution in [2.24, 2.45) is 47.3 Å². The van der Waals surface area contributed by atoms with Crippen molar-refractivity contribution in [1.29, 1.82) is 0 Å². The molecular weight excluding hydrogens is 619 g/mol. The molecule has 0 saturated heterocycles. The molecule has 0 spiro atoms. The molecule has 4 fully saturated rings. The Bertz CT molecular complexity index is 830. The molecule has 1 unspecified atom stereocenters. The van der Waals surface area contributed by atoms with Gasteiger partial charge in [-0.1, -0.05) is 103 Å². The first-order valence-electron chi connectivity index (χ1n) is 16.0. The van der Waals surface area contributed by atoms with Crippen molar-refractivity contribution in [1.82, 2.24) is 0 Å². The van der Waals surface area contributed by atoms with Crippen LogP contribution in [-0.4, -0.2) is 0 Å². The van der Waals surface area contributed by atoms with Crippen LogP contribution in [0.3, 0.4) is 0 Å². The SMILES string of the molecule is CC(C)[C@H]1CC[C@@H](C)CC1[C]1[CH][CH][C]2C=CC=C[C]21.CC(C)[C@H]1CC[C@@H](C)C[C@H]1[C]1[CH][CH][C]2C=CC=C[C]21.[Cl][Zr+2][Cl]. The summed E-state index contributed by atoms with van der Waals surface area (Å²) in [7, 11) is 9.87. The second kappa shape index (κ2) is 16.7. The summed E-state index contributed by atoms with van der Waals surface area (Å²) < 4.78 is 0. The van der Waals surface area contributed by atoms with E-state index < -0.39 is 20.8 Å². The summed E-state index contributed by atoms with van der Waals surface area (Å²) in [5.74, 6) is 15.7. The zero-order valence-corrected chi connectivity index (χ0v) is 30.0. The molecule has 218 valence electrons. The van der Waals surface area contributed by atoms with Gasteiger partial charge in [0.2, 0.25) is 0 Å². The van der Waals surface area contributed by atoms with Crippen LogP contribution in [0.2, 0.25) is 0 Å². The van der Waals surface area contributed by atoms with Crippen LogP contribution in [0.25, 0.3) is 0 Å².